The molecule has 2 rings (SSSR count). The molecular weight excluding hydrogens is 270 g/mol. The van der Waals surface area contributed by atoms with Crippen LogP contribution in [-0.4, -0.2) is 26.1 Å². The fourth-order valence-corrected chi connectivity index (χ4v) is 2.61. The average molecular weight is 283 g/mol. The Morgan fingerprint density at radius 2 is 1.95 bits per heavy atom. The highest BCUT2D eigenvalue weighted by Gasteiger charge is 2.25. The van der Waals surface area contributed by atoms with Crippen LogP contribution in [0.5, 0.6) is 0 Å². The predicted octanol–water partition coefficient (Wildman–Crippen LogP) is 1.81. The molecule has 19 heavy (non-hydrogen) atoms. The lowest BCUT2D eigenvalue weighted by atomic mass is 10.4. The highest BCUT2D eigenvalue weighted by Crippen LogP contribution is 2.19. The molecule has 6 nitrogen and oxygen atoms in total. The van der Waals surface area contributed by atoms with Gasteiger partial charge in [0.1, 0.15) is 11.5 Å². The van der Waals surface area contributed by atoms with E-state index in [1.165, 1.54) is 19.2 Å². The molecule has 2 heterocycles. The Morgan fingerprint density at radius 1 is 1.21 bits per heavy atom. The minimum absolute atomic E-state index is 0.0270. The van der Waals surface area contributed by atoms with Gasteiger partial charge in [-0.05, 0) is 31.2 Å². The lowest BCUT2D eigenvalue weighted by Gasteiger charge is -2.13. The van der Waals surface area contributed by atoms with Crippen LogP contribution in [0.4, 0.5) is 0 Å². The van der Waals surface area contributed by atoms with E-state index in [-0.39, 0.29) is 17.4 Å². The summed E-state index contributed by atoms with van der Waals surface area (Å²) >= 11 is 0. The molecule has 0 fully saturated rings. The Kier molecular flexibility index (Phi) is 3.59. The van der Waals surface area contributed by atoms with E-state index < -0.39 is 10.0 Å². The Hall–Kier alpha value is -1.86. The first-order valence-electron chi connectivity index (χ1n) is 5.50. The molecule has 0 radical (unpaired) electrons. The van der Waals surface area contributed by atoms with Crippen molar-refractivity contribution < 1.29 is 22.0 Å². The summed E-state index contributed by atoms with van der Waals surface area (Å²) in [6.45, 7) is 1.87. The van der Waals surface area contributed by atoms with Gasteiger partial charge in [-0.2, -0.15) is 4.31 Å². The van der Waals surface area contributed by atoms with E-state index in [0.717, 1.165) is 4.31 Å². The maximum absolute atomic E-state index is 12.1. The largest absolute Gasteiger partial charge is 0.465 e. The first-order valence-corrected chi connectivity index (χ1v) is 6.94. The van der Waals surface area contributed by atoms with Crippen molar-refractivity contribution in [3.05, 3.63) is 41.5 Å². The Bertz CT molecular complexity index is 683. The smallest absolute Gasteiger partial charge is 0.276 e. The maximum Gasteiger partial charge on any atom is 0.276 e. The molecule has 0 atom stereocenters. The second-order valence-electron chi connectivity index (χ2n) is 4.05. The number of carbonyl (C=O) groups excluding carboxylic acids is 1. The van der Waals surface area contributed by atoms with Gasteiger partial charge in [-0.15, -0.1) is 0 Å². The van der Waals surface area contributed by atoms with Crippen LogP contribution in [-0.2, 0) is 16.6 Å². The molecule has 102 valence electrons. The summed E-state index contributed by atoms with van der Waals surface area (Å²) in [6, 6.07) is 6.03. The third-order valence-electron chi connectivity index (χ3n) is 2.56. The molecule has 0 aliphatic heterocycles. The van der Waals surface area contributed by atoms with Crippen LogP contribution < -0.4 is 0 Å². The van der Waals surface area contributed by atoms with Crippen molar-refractivity contribution in [2.24, 2.45) is 0 Å². The molecule has 0 spiro atoms. The SMILES string of the molecule is Cc1ccc(CN(C)S(=O)(=O)c2ccc(C=O)o2)o1. The van der Waals surface area contributed by atoms with Gasteiger partial charge in [-0.3, -0.25) is 4.79 Å². The monoisotopic (exact) mass is 283 g/mol. The zero-order valence-electron chi connectivity index (χ0n) is 10.5. The van der Waals surface area contributed by atoms with Gasteiger partial charge in [-0.25, -0.2) is 8.42 Å². The predicted molar refractivity (Wildman–Crippen MR) is 66.2 cm³/mol. The van der Waals surface area contributed by atoms with E-state index in [0.29, 0.717) is 17.8 Å². The summed E-state index contributed by atoms with van der Waals surface area (Å²) in [5.41, 5.74) is 0. The zero-order chi connectivity index (χ0) is 14.0. The molecule has 0 aliphatic rings. The highest BCUT2D eigenvalue weighted by atomic mass is 32.2. The van der Waals surface area contributed by atoms with Crippen LogP contribution in [0.3, 0.4) is 0 Å². The normalized spacial score (nSPS) is 11.9. The van der Waals surface area contributed by atoms with Crippen molar-refractivity contribution in [3.63, 3.8) is 0 Å². The molecule has 0 aliphatic carbocycles. The van der Waals surface area contributed by atoms with E-state index in [9.17, 15) is 13.2 Å². The van der Waals surface area contributed by atoms with Gasteiger partial charge < -0.3 is 8.83 Å². The van der Waals surface area contributed by atoms with Crippen LogP contribution in [0.25, 0.3) is 0 Å². The standard InChI is InChI=1S/C12H13NO5S/c1-9-3-4-10(17-9)7-13(2)19(15,16)12-6-5-11(8-14)18-12/h3-6,8H,7H2,1-2H3. The van der Waals surface area contributed by atoms with Crippen LogP contribution in [0, 0.1) is 6.92 Å². The number of rotatable bonds is 5. The lowest BCUT2D eigenvalue weighted by Crippen LogP contribution is -2.25. The number of carbonyl (C=O) groups is 1. The van der Waals surface area contributed by atoms with Gasteiger partial charge in [0, 0.05) is 7.05 Å². The molecule has 2 aromatic rings. The van der Waals surface area contributed by atoms with E-state index >= 15 is 0 Å². The first kappa shape index (κ1) is 13.6. The van der Waals surface area contributed by atoms with Gasteiger partial charge in [0.25, 0.3) is 10.0 Å². The molecule has 0 saturated heterocycles. The number of hydrogen-bond donors (Lipinski definition) is 0. The molecule has 0 bridgehead atoms. The minimum Gasteiger partial charge on any atom is -0.465 e. The van der Waals surface area contributed by atoms with Crippen molar-refractivity contribution in [1.82, 2.24) is 4.31 Å². The lowest BCUT2D eigenvalue weighted by molar-refractivity contribution is 0.109. The Labute approximate surface area is 110 Å². The fourth-order valence-electron chi connectivity index (χ4n) is 1.56. The molecule has 0 aromatic carbocycles. The highest BCUT2D eigenvalue weighted by molar-refractivity contribution is 7.88. The number of sulfonamides is 1. The summed E-state index contributed by atoms with van der Waals surface area (Å²) in [7, 11) is -2.36. The van der Waals surface area contributed by atoms with E-state index in [1.54, 1.807) is 19.1 Å². The van der Waals surface area contributed by atoms with Crippen molar-refractivity contribution in [2.75, 3.05) is 7.05 Å². The molecule has 0 saturated carbocycles. The van der Waals surface area contributed by atoms with E-state index in [4.69, 9.17) is 8.83 Å². The van der Waals surface area contributed by atoms with Crippen molar-refractivity contribution in [3.8, 4) is 0 Å². The number of furan rings is 2. The van der Waals surface area contributed by atoms with E-state index in [2.05, 4.69) is 0 Å². The number of aryl methyl sites for hydroxylation is 1. The molecule has 7 heteroatoms. The van der Waals surface area contributed by atoms with Gasteiger partial charge in [0.2, 0.25) is 5.09 Å². The topological polar surface area (TPSA) is 80.7 Å². The molecule has 0 unspecified atom stereocenters. The maximum atomic E-state index is 12.1. The molecule has 0 amide bonds. The fraction of sp³-hybridized carbons (Fsp3) is 0.250. The average Bonchev–Trinajstić information content (AvgIpc) is 2.98. The van der Waals surface area contributed by atoms with Crippen LogP contribution in [0.15, 0.2) is 38.2 Å². The number of nitrogens with zero attached hydrogens (tertiary/aromatic N) is 1. The van der Waals surface area contributed by atoms with Crippen LogP contribution in [0.2, 0.25) is 0 Å². The summed E-state index contributed by atoms with van der Waals surface area (Å²) < 4.78 is 35.6. The first-order chi connectivity index (χ1) is 8.93. The van der Waals surface area contributed by atoms with Crippen molar-refractivity contribution in [2.45, 2.75) is 18.6 Å². The third-order valence-corrected chi connectivity index (χ3v) is 4.23. The summed E-state index contributed by atoms with van der Waals surface area (Å²) in [4.78, 5) is 10.5. The molecule has 0 N–H and O–H groups in total. The van der Waals surface area contributed by atoms with Gasteiger partial charge >= 0.3 is 0 Å². The summed E-state index contributed by atoms with van der Waals surface area (Å²) in [5.74, 6) is 1.22. The minimum atomic E-state index is -3.77. The number of hydrogen-bond acceptors (Lipinski definition) is 5. The van der Waals surface area contributed by atoms with Crippen LogP contribution in [0.1, 0.15) is 22.1 Å². The van der Waals surface area contributed by atoms with Crippen molar-refractivity contribution in [1.29, 1.82) is 0 Å². The van der Waals surface area contributed by atoms with Crippen molar-refractivity contribution >= 4 is 16.3 Å². The summed E-state index contributed by atoms with van der Waals surface area (Å²) in [6.07, 6.45) is 0.453. The Balaban J connectivity index is 2.21. The van der Waals surface area contributed by atoms with E-state index in [1.807, 2.05) is 0 Å². The van der Waals surface area contributed by atoms with Gasteiger partial charge in [0.15, 0.2) is 12.0 Å². The zero-order valence-corrected chi connectivity index (χ0v) is 11.3. The van der Waals surface area contributed by atoms with Gasteiger partial charge in [0.05, 0.1) is 6.54 Å². The quantitative estimate of drug-likeness (QED) is 0.782. The van der Waals surface area contributed by atoms with Gasteiger partial charge in [-0.1, -0.05) is 0 Å². The Morgan fingerprint density at radius 3 is 2.47 bits per heavy atom. The molecule has 2 aromatic heterocycles. The van der Waals surface area contributed by atoms with Crippen LogP contribution >= 0.6 is 0 Å². The number of aldehydes is 1. The second-order valence-corrected chi connectivity index (χ2v) is 6.02. The molecular formula is C12H13NO5S. The summed E-state index contributed by atoms with van der Waals surface area (Å²) in [5, 5.41) is -0.264. The third kappa shape index (κ3) is 2.77. The second kappa shape index (κ2) is 5.02.